The van der Waals surface area contributed by atoms with Crippen LogP contribution in [0, 0.1) is 0 Å². The van der Waals surface area contributed by atoms with Crippen molar-refractivity contribution >= 4 is 17.9 Å². The topological polar surface area (TPSA) is 173 Å². The van der Waals surface area contributed by atoms with Crippen molar-refractivity contribution in [2.24, 2.45) is 0 Å². The fourth-order valence-corrected chi connectivity index (χ4v) is 0.641. The van der Waals surface area contributed by atoms with Gasteiger partial charge in [0.1, 0.15) is 0 Å². The molecule has 9 nitrogen and oxygen atoms in total. The summed E-state index contributed by atoms with van der Waals surface area (Å²) in [6.07, 6.45) is -0.589. The minimum atomic E-state index is -0.935. The van der Waals surface area contributed by atoms with E-state index < -0.39 is 29.6 Å². The van der Waals surface area contributed by atoms with Crippen LogP contribution >= 0.6 is 0 Å². The van der Waals surface area contributed by atoms with E-state index in [1.807, 2.05) is 0 Å². The molecule has 0 aromatic rings. The maximum absolute atomic E-state index is 9.60. The van der Waals surface area contributed by atoms with Crippen molar-refractivity contribution in [3.63, 3.8) is 0 Å². The lowest BCUT2D eigenvalue weighted by molar-refractivity contribution is -0.133. The molecule has 0 saturated carbocycles. The van der Waals surface area contributed by atoms with Gasteiger partial charge in [-0.05, 0) is 34.6 Å². The summed E-state index contributed by atoms with van der Waals surface area (Å²) in [5.74, 6) is -2.81. The molecule has 0 aliphatic rings. The van der Waals surface area contributed by atoms with Gasteiger partial charge in [-0.1, -0.05) is 19.7 Å². The van der Waals surface area contributed by atoms with Crippen molar-refractivity contribution in [2.75, 3.05) is 6.61 Å². The maximum atomic E-state index is 9.60. The first-order valence-corrected chi connectivity index (χ1v) is 7.56. The van der Waals surface area contributed by atoms with E-state index in [1.54, 1.807) is 13.8 Å². The van der Waals surface area contributed by atoms with Gasteiger partial charge in [0.15, 0.2) is 0 Å². The molecule has 0 rings (SSSR count). The van der Waals surface area contributed by atoms with Crippen LogP contribution in [-0.4, -0.2) is 66.9 Å². The molecule has 27 heavy (non-hydrogen) atoms. The fourth-order valence-electron chi connectivity index (χ4n) is 0.641. The van der Waals surface area contributed by atoms with E-state index in [9.17, 15) is 14.4 Å². The first-order valence-electron chi connectivity index (χ1n) is 7.56. The highest BCUT2D eigenvalue weighted by molar-refractivity contribution is 5.85. The maximum Gasteiger partial charge on any atom is 0.330 e. The normalized spacial score (nSPS) is 10.2. The first-order chi connectivity index (χ1) is 11.9. The summed E-state index contributed by atoms with van der Waals surface area (Å²) in [6, 6.07) is 0. The molecule has 0 radical (unpaired) electrons. The molecule has 6 N–H and O–H groups in total. The van der Waals surface area contributed by atoms with Gasteiger partial charge in [0.2, 0.25) is 0 Å². The second-order valence-electron chi connectivity index (χ2n) is 6.11. The van der Waals surface area contributed by atoms with Crippen molar-refractivity contribution in [3.05, 3.63) is 36.5 Å². The average molecular weight is 392 g/mol. The van der Waals surface area contributed by atoms with E-state index in [1.165, 1.54) is 20.8 Å². The molecule has 0 aliphatic heterocycles. The molecule has 0 heterocycles. The zero-order valence-corrected chi connectivity index (χ0v) is 16.5. The third-order valence-corrected chi connectivity index (χ3v) is 2.04. The van der Waals surface area contributed by atoms with Crippen LogP contribution in [0.15, 0.2) is 36.5 Å². The summed E-state index contributed by atoms with van der Waals surface area (Å²) in [6.45, 7) is 16.7. The second kappa shape index (κ2) is 17.0. The second-order valence-corrected chi connectivity index (χ2v) is 6.11. The Morgan fingerprint density at radius 2 is 1.00 bits per heavy atom. The molecule has 0 aromatic carbocycles. The number of hydrogen-bond donors (Lipinski definition) is 6. The Morgan fingerprint density at radius 1 is 0.815 bits per heavy atom. The summed E-state index contributed by atoms with van der Waals surface area (Å²) < 4.78 is 0. The van der Waals surface area contributed by atoms with Crippen molar-refractivity contribution in [1.82, 2.24) is 0 Å². The number of carbonyl (C=O) groups is 3. The molecular formula is C18H32O9. The molecule has 0 aromatic heterocycles. The Bertz CT molecular complexity index is 420. The molecule has 0 bridgehead atoms. The van der Waals surface area contributed by atoms with Gasteiger partial charge in [0.05, 0.1) is 18.3 Å². The van der Waals surface area contributed by atoms with Crippen LogP contribution < -0.4 is 0 Å². The van der Waals surface area contributed by atoms with E-state index in [-0.39, 0.29) is 29.7 Å². The summed E-state index contributed by atoms with van der Waals surface area (Å²) in [4.78, 5) is 28.8. The van der Waals surface area contributed by atoms with Crippen molar-refractivity contribution in [3.8, 4) is 0 Å². The average Bonchev–Trinajstić information content (AvgIpc) is 2.46. The Morgan fingerprint density at radius 3 is 1.04 bits per heavy atom. The Labute approximate surface area is 159 Å². The summed E-state index contributed by atoms with van der Waals surface area (Å²) in [5, 5.41) is 49.8. The van der Waals surface area contributed by atoms with Gasteiger partial charge in [-0.25, -0.2) is 14.4 Å². The molecule has 0 fully saturated rings. The van der Waals surface area contributed by atoms with E-state index in [4.69, 9.17) is 30.6 Å². The Balaban J connectivity index is -0.000000133. The third-order valence-electron chi connectivity index (χ3n) is 2.04. The molecule has 0 amide bonds. The van der Waals surface area contributed by atoms with Crippen LogP contribution in [0.4, 0.5) is 0 Å². The Hall–Kier alpha value is -2.49. The largest absolute Gasteiger partial charge is 0.478 e. The van der Waals surface area contributed by atoms with E-state index in [2.05, 4.69) is 19.7 Å². The minimum Gasteiger partial charge on any atom is -0.478 e. The zero-order valence-electron chi connectivity index (χ0n) is 16.5. The predicted octanol–water partition coefficient (Wildman–Crippen LogP) is 1.44. The van der Waals surface area contributed by atoms with Crippen LogP contribution in [0.1, 0.15) is 41.0 Å². The van der Waals surface area contributed by atoms with Crippen molar-refractivity contribution in [1.29, 1.82) is 0 Å². The molecule has 0 spiro atoms. The van der Waals surface area contributed by atoms with Gasteiger partial charge >= 0.3 is 17.9 Å². The van der Waals surface area contributed by atoms with Crippen LogP contribution in [0.25, 0.3) is 0 Å². The molecule has 0 saturated heterocycles. The van der Waals surface area contributed by atoms with E-state index in [0.29, 0.717) is 0 Å². The number of aliphatic carboxylic acids is 3. The molecule has 158 valence electrons. The van der Waals surface area contributed by atoms with E-state index in [0.717, 1.165) is 0 Å². The first kappa shape index (κ1) is 32.2. The lowest BCUT2D eigenvalue weighted by Gasteiger charge is -2.19. The van der Waals surface area contributed by atoms with Crippen LogP contribution in [-0.2, 0) is 14.4 Å². The fraction of sp³-hybridized carbons (Fsp3) is 0.500. The minimum absolute atomic E-state index is 0.176. The highest BCUT2D eigenvalue weighted by Crippen LogP contribution is 2.09. The number of carboxylic acids is 3. The quantitative estimate of drug-likeness (QED) is 0.366. The summed E-state index contributed by atoms with van der Waals surface area (Å²) >= 11 is 0. The van der Waals surface area contributed by atoms with E-state index >= 15 is 0 Å². The Kier molecular flexibility index (Phi) is 20.2. The standard InChI is InChI=1S/C6H14O3.3C4H6O2/c1-6(2,9)3-5(8)4-7;3*1-3(2)4(5)6/h5,7-9H,3-4H2,1-2H3;3*1H2,2H3,(H,5,6). The number of rotatable bonds is 6. The van der Waals surface area contributed by atoms with Gasteiger partial charge in [-0.2, -0.15) is 0 Å². The SMILES string of the molecule is C=C(C)C(=O)O.C=C(C)C(=O)O.C=C(C)C(=O)O.CC(C)(O)CC(O)CO. The predicted molar refractivity (Wildman–Crippen MR) is 101 cm³/mol. The monoisotopic (exact) mass is 392 g/mol. The van der Waals surface area contributed by atoms with Gasteiger partial charge in [-0.15, -0.1) is 0 Å². The number of aliphatic hydroxyl groups is 3. The van der Waals surface area contributed by atoms with Gasteiger partial charge < -0.3 is 30.6 Å². The third kappa shape index (κ3) is 39.9. The van der Waals surface area contributed by atoms with Crippen LogP contribution in [0.5, 0.6) is 0 Å². The van der Waals surface area contributed by atoms with Gasteiger partial charge in [-0.3, -0.25) is 0 Å². The highest BCUT2D eigenvalue weighted by Gasteiger charge is 2.17. The summed E-state index contributed by atoms with van der Waals surface area (Å²) in [5.41, 5.74) is -0.359. The van der Waals surface area contributed by atoms with Crippen LogP contribution in [0.2, 0.25) is 0 Å². The summed E-state index contributed by atoms with van der Waals surface area (Å²) in [7, 11) is 0. The lowest BCUT2D eigenvalue weighted by atomic mass is 10.0. The number of carboxylic acid groups (broad SMARTS) is 3. The smallest absolute Gasteiger partial charge is 0.330 e. The number of hydrogen-bond acceptors (Lipinski definition) is 6. The van der Waals surface area contributed by atoms with Crippen LogP contribution in [0.3, 0.4) is 0 Å². The van der Waals surface area contributed by atoms with Gasteiger partial charge in [0.25, 0.3) is 0 Å². The number of aliphatic hydroxyl groups excluding tert-OH is 2. The highest BCUT2D eigenvalue weighted by atomic mass is 16.4. The zero-order chi connectivity index (χ0) is 23.0. The van der Waals surface area contributed by atoms with Gasteiger partial charge in [0, 0.05) is 23.1 Å². The molecule has 1 unspecified atom stereocenters. The van der Waals surface area contributed by atoms with Crippen molar-refractivity contribution in [2.45, 2.75) is 52.7 Å². The molecule has 9 heteroatoms. The molecular weight excluding hydrogens is 360 g/mol. The lowest BCUT2D eigenvalue weighted by Crippen LogP contribution is -2.28. The molecule has 0 aliphatic carbocycles. The molecule has 1 atom stereocenters. The van der Waals surface area contributed by atoms with Crippen molar-refractivity contribution < 1.29 is 45.0 Å².